The fourth-order valence-corrected chi connectivity index (χ4v) is 7.00. The highest BCUT2D eigenvalue weighted by atomic mass is 35.5. The molecule has 43 heavy (non-hydrogen) atoms. The third kappa shape index (κ3) is 8.02. The first-order valence-corrected chi connectivity index (χ1v) is 16.6. The highest BCUT2D eigenvalue weighted by Gasteiger charge is 2.34. The normalized spacial score (nSPS) is 14.3. The molecule has 1 fully saturated rings. The monoisotopic (exact) mass is 645 g/mol. The molecule has 0 aliphatic heterocycles. The van der Waals surface area contributed by atoms with E-state index in [0.717, 1.165) is 35.6 Å². The Morgan fingerprint density at radius 3 is 2.16 bits per heavy atom. The van der Waals surface area contributed by atoms with Crippen LogP contribution in [0.25, 0.3) is 0 Å². The molecule has 1 N–H and O–H groups in total. The zero-order valence-electron chi connectivity index (χ0n) is 24.6. The highest BCUT2D eigenvalue weighted by molar-refractivity contribution is 7.92. The maximum Gasteiger partial charge on any atom is 0.264 e. The molecular weight excluding hydrogens is 609 g/mol. The molecule has 0 unspecified atom stereocenters. The van der Waals surface area contributed by atoms with Crippen molar-refractivity contribution < 1.29 is 22.7 Å². The topological polar surface area (TPSA) is 96.0 Å². The summed E-state index contributed by atoms with van der Waals surface area (Å²) < 4.78 is 34.6. The van der Waals surface area contributed by atoms with Crippen LogP contribution in [0.15, 0.2) is 71.6 Å². The number of anilines is 1. The molecule has 1 aliphatic carbocycles. The minimum Gasteiger partial charge on any atom is -0.494 e. The lowest BCUT2D eigenvalue weighted by Gasteiger charge is -2.33. The summed E-state index contributed by atoms with van der Waals surface area (Å²) in [5, 5.41) is 3.72. The van der Waals surface area contributed by atoms with Gasteiger partial charge in [-0.05, 0) is 82.1 Å². The maximum atomic E-state index is 14.2. The summed E-state index contributed by atoms with van der Waals surface area (Å²) in [6.45, 7) is 5.14. The van der Waals surface area contributed by atoms with E-state index in [9.17, 15) is 18.0 Å². The first kappa shape index (κ1) is 32.6. The Morgan fingerprint density at radius 1 is 0.977 bits per heavy atom. The fourth-order valence-electron chi connectivity index (χ4n) is 5.07. The van der Waals surface area contributed by atoms with Crippen LogP contribution in [-0.4, -0.2) is 50.4 Å². The fraction of sp³-hybridized carbons (Fsp3) is 0.375. The molecule has 3 aromatic carbocycles. The number of hydrogen-bond donors (Lipinski definition) is 1. The predicted octanol–water partition coefficient (Wildman–Crippen LogP) is 6.37. The van der Waals surface area contributed by atoms with Crippen LogP contribution in [0.5, 0.6) is 5.75 Å². The first-order chi connectivity index (χ1) is 20.5. The Bertz CT molecular complexity index is 1510. The zero-order valence-corrected chi connectivity index (χ0v) is 26.9. The van der Waals surface area contributed by atoms with E-state index in [4.69, 9.17) is 27.9 Å². The summed E-state index contributed by atoms with van der Waals surface area (Å²) in [5.74, 6) is -0.343. The van der Waals surface area contributed by atoms with E-state index in [1.54, 1.807) is 61.5 Å². The van der Waals surface area contributed by atoms with Crippen LogP contribution >= 0.6 is 23.2 Å². The van der Waals surface area contributed by atoms with Gasteiger partial charge in [-0.1, -0.05) is 59.8 Å². The molecule has 0 bridgehead atoms. The molecule has 8 nitrogen and oxygen atoms in total. The average Bonchev–Trinajstić information content (AvgIpc) is 3.49. The number of carbonyl (C=O) groups is 2. The second-order valence-corrected chi connectivity index (χ2v) is 13.3. The van der Waals surface area contributed by atoms with Gasteiger partial charge in [-0.15, -0.1) is 0 Å². The minimum atomic E-state index is -4.19. The summed E-state index contributed by atoms with van der Waals surface area (Å²) in [7, 11) is -4.19. The molecule has 1 aliphatic rings. The van der Waals surface area contributed by atoms with Crippen molar-refractivity contribution in [1.82, 2.24) is 10.2 Å². The largest absolute Gasteiger partial charge is 0.494 e. The molecule has 0 aromatic heterocycles. The quantitative estimate of drug-likeness (QED) is 0.247. The lowest BCUT2D eigenvalue weighted by molar-refractivity contribution is -0.139. The molecule has 230 valence electrons. The van der Waals surface area contributed by atoms with Crippen molar-refractivity contribution in [1.29, 1.82) is 0 Å². The number of benzene rings is 3. The molecule has 1 atom stereocenters. The molecular formula is C32H37Cl2N3O5S. The van der Waals surface area contributed by atoms with Gasteiger partial charge >= 0.3 is 0 Å². The number of aryl methyl sites for hydroxylation is 1. The Morgan fingerprint density at radius 2 is 1.58 bits per heavy atom. The van der Waals surface area contributed by atoms with Crippen molar-refractivity contribution in [3.8, 4) is 5.75 Å². The van der Waals surface area contributed by atoms with Gasteiger partial charge in [-0.2, -0.15) is 0 Å². The number of nitrogens with zero attached hydrogens (tertiary/aromatic N) is 2. The third-order valence-corrected chi connectivity index (χ3v) is 10.1. The van der Waals surface area contributed by atoms with Gasteiger partial charge in [-0.25, -0.2) is 8.42 Å². The number of halogens is 2. The van der Waals surface area contributed by atoms with Crippen LogP contribution in [0.3, 0.4) is 0 Å². The summed E-state index contributed by atoms with van der Waals surface area (Å²) in [5.41, 5.74) is 1.64. The molecule has 2 amide bonds. The van der Waals surface area contributed by atoms with Gasteiger partial charge in [0.2, 0.25) is 11.8 Å². The summed E-state index contributed by atoms with van der Waals surface area (Å²) in [6, 6.07) is 17.0. The van der Waals surface area contributed by atoms with Gasteiger partial charge in [-0.3, -0.25) is 13.9 Å². The summed E-state index contributed by atoms with van der Waals surface area (Å²) >= 11 is 12.9. The Kier molecular flexibility index (Phi) is 11.0. The summed E-state index contributed by atoms with van der Waals surface area (Å²) in [6.07, 6.45) is 3.82. The average molecular weight is 647 g/mol. The van der Waals surface area contributed by atoms with Gasteiger partial charge in [0.15, 0.2) is 0 Å². The Balaban J connectivity index is 1.72. The van der Waals surface area contributed by atoms with Gasteiger partial charge in [0.05, 0.1) is 17.2 Å². The lowest BCUT2D eigenvalue weighted by atomic mass is 10.1. The number of amides is 2. The smallest absolute Gasteiger partial charge is 0.264 e. The van der Waals surface area contributed by atoms with E-state index in [0.29, 0.717) is 28.0 Å². The van der Waals surface area contributed by atoms with Crippen molar-refractivity contribution in [2.45, 2.75) is 70.0 Å². The van der Waals surface area contributed by atoms with E-state index in [1.165, 1.54) is 17.0 Å². The van der Waals surface area contributed by atoms with Crippen molar-refractivity contribution >= 4 is 50.7 Å². The Hall–Kier alpha value is -3.27. The molecule has 0 heterocycles. The molecule has 3 aromatic rings. The van der Waals surface area contributed by atoms with Gasteiger partial charge in [0.25, 0.3) is 10.0 Å². The minimum absolute atomic E-state index is 0.0347. The molecule has 4 rings (SSSR count). The van der Waals surface area contributed by atoms with Crippen molar-refractivity contribution in [2.24, 2.45) is 0 Å². The van der Waals surface area contributed by atoms with Crippen molar-refractivity contribution in [3.05, 3.63) is 87.9 Å². The molecule has 0 spiro atoms. The predicted molar refractivity (Wildman–Crippen MR) is 170 cm³/mol. The zero-order chi connectivity index (χ0) is 31.1. The SMILES string of the molecule is CCOc1ccc(N(CC(=O)N(Cc2c(Cl)cccc2Cl)[C@@H](C)C(=O)NC2CCCC2)S(=O)(=O)c2ccc(C)cc2)cc1. The molecule has 11 heteroatoms. The highest BCUT2D eigenvalue weighted by Crippen LogP contribution is 2.29. The third-order valence-electron chi connectivity index (χ3n) is 7.58. The van der Waals surface area contributed by atoms with E-state index >= 15 is 0 Å². The lowest BCUT2D eigenvalue weighted by Crippen LogP contribution is -2.52. The van der Waals surface area contributed by atoms with Crippen LogP contribution in [-0.2, 0) is 26.2 Å². The van der Waals surface area contributed by atoms with E-state index in [2.05, 4.69) is 5.32 Å². The Labute approximate surface area is 264 Å². The molecule has 0 radical (unpaired) electrons. The van der Waals surface area contributed by atoms with E-state index in [1.807, 2.05) is 13.8 Å². The molecule has 1 saturated carbocycles. The van der Waals surface area contributed by atoms with E-state index in [-0.39, 0.29) is 29.1 Å². The second kappa shape index (κ2) is 14.5. The van der Waals surface area contributed by atoms with Gasteiger partial charge in [0, 0.05) is 28.2 Å². The van der Waals surface area contributed by atoms with Crippen molar-refractivity contribution in [2.75, 3.05) is 17.5 Å². The number of rotatable bonds is 12. The van der Waals surface area contributed by atoms with Crippen LogP contribution in [0.4, 0.5) is 5.69 Å². The van der Waals surface area contributed by atoms with Crippen LogP contribution in [0, 0.1) is 6.92 Å². The number of hydrogen-bond acceptors (Lipinski definition) is 5. The van der Waals surface area contributed by atoms with Crippen LogP contribution in [0.2, 0.25) is 10.0 Å². The van der Waals surface area contributed by atoms with Crippen LogP contribution < -0.4 is 14.4 Å². The molecule has 0 saturated heterocycles. The maximum absolute atomic E-state index is 14.2. The number of nitrogens with one attached hydrogen (secondary N) is 1. The van der Waals surface area contributed by atoms with E-state index < -0.39 is 28.5 Å². The second-order valence-electron chi connectivity index (χ2n) is 10.6. The standard InChI is InChI=1S/C32H37Cl2N3O5S/c1-4-42-26-16-14-25(15-17-26)37(43(40,41)27-18-12-22(2)13-19-27)21-31(38)36(20-28-29(33)10-7-11-30(28)34)23(3)32(39)35-24-8-5-6-9-24/h7,10-19,23-24H,4-6,8-9,20-21H2,1-3H3,(H,35,39)/t23-/m0/s1. The number of carbonyl (C=O) groups excluding carboxylic acids is 2. The van der Waals surface area contributed by atoms with Crippen molar-refractivity contribution in [3.63, 3.8) is 0 Å². The van der Waals surface area contributed by atoms with Gasteiger partial charge in [0.1, 0.15) is 18.3 Å². The van der Waals surface area contributed by atoms with Gasteiger partial charge < -0.3 is 15.0 Å². The summed E-state index contributed by atoms with van der Waals surface area (Å²) in [4.78, 5) is 28.9. The van der Waals surface area contributed by atoms with Crippen LogP contribution in [0.1, 0.15) is 50.7 Å². The number of ether oxygens (including phenoxy) is 1. The first-order valence-electron chi connectivity index (χ1n) is 14.4. The number of sulfonamides is 1.